The van der Waals surface area contributed by atoms with Gasteiger partial charge in [-0.1, -0.05) is 71.8 Å². The van der Waals surface area contributed by atoms with Gasteiger partial charge in [-0.2, -0.15) is 0 Å². The number of halogens is 1. The Kier molecular flexibility index (Phi) is 10.0. The van der Waals surface area contributed by atoms with Crippen LogP contribution in [0.5, 0.6) is 0 Å². The largest absolute Gasteiger partial charge is 0.350 e. The third kappa shape index (κ3) is 9.03. The summed E-state index contributed by atoms with van der Waals surface area (Å²) >= 11 is 7.60. The van der Waals surface area contributed by atoms with E-state index in [-0.39, 0.29) is 11.8 Å². The summed E-state index contributed by atoms with van der Waals surface area (Å²) in [7, 11) is 0. The number of benzene rings is 3. The molecule has 0 spiro atoms. The van der Waals surface area contributed by atoms with Gasteiger partial charge in [0.1, 0.15) is 6.04 Å². The van der Waals surface area contributed by atoms with Crippen molar-refractivity contribution in [2.45, 2.75) is 63.6 Å². The minimum atomic E-state index is -0.624. The fourth-order valence-electron chi connectivity index (χ4n) is 3.83. The average molecular weight is 523 g/mol. The molecule has 3 rings (SSSR count). The maximum Gasteiger partial charge on any atom is 0.243 e. The second-order valence-corrected chi connectivity index (χ2v) is 11.6. The minimum absolute atomic E-state index is 0.0398. The molecule has 0 aliphatic heterocycles. The van der Waals surface area contributed by atoms with E-state index in [9.17, 15) is 9.59 Å². The van der Waals surface area contributed by atoms with E-state index in [4.69, 9.17) is 11.6 Å². The molecule has 0 saturated heterocycles. The van der Waals surface area contributed by atoms with E-state index < -0.39 is 11.6 Å². The van der Waals surface area contributed by atoms with Crippen LogP contribution < -0.4 is 5.32 Å². The molecule has 1 N–H and O–H groups in total. The van der Waals surface area contributed by atoms with Gasteiger partial charge in [0.15, 0.2) is 0 Å². The Morgan fingerprint density at radius 2 is 1.56 bits per heavy atom. The lowest BCUT2D eigenvalue weighted by Crippen LogP contribution is -2.54. The highest BCUT2D eigenvalue weighted by Gasteiger charge is 2.32. The van der Waals surface area contributed by atoms with Gasteiger partial charge in [-0.25, -0.2) is 0 Å². The molecule has 3 aromatic rings. The van der Waals surface area contributed by atoms with Crippen LogP contribution >= 0.6 is 23.4 Å². The Bertz CT molecular complexity index is 1130. The predicted octanol–water partition coefficient (Wildman–Crippen LogP) is 6.69. The van der Waals surface area contributed by atoms with Gasteiger partial charge in [-0.05, 0) is 63.1 Å². The van der Waals surface area contributed by atoms with E-state index in [0.717, 1.165) is 21.6 Å². The number of amides is 2. The number of rotatable bonds is 10. The second kappa shape index (κ2) is 13.0. The normalized spacial score (nSPS) is 12.1. The Hall–Kier alpha value is -2.76. The Morgan fingerprint density at radius 1 is 0.917 bits per heavy atom. The zero-order chi connectivity index (χ0) is 26.1. The summed E-state index contributed by atoms with van der Waals surface area (Å²) in [5.74, 6) is 0.434. The lowest BCUT2D eigenvalue weighted by molar-refractivity contribution is -0.141. The van der Waals surface area contributed by atoms with Crippen LogP contribution in [0.15, 0.2) is 83.8 Å². The first-order chi connectivity index (χ1) is 17.1. The highest BCUT2D eigenvalue weighted by molar-refractivity contribution is 7.99. The number of nitrogens with zero attached hydrogens (tertiary/aromatic N) is 1. The number of hydrogen-bond donors (Lipinski definition) is 1. The number of aryl methyl sites for hydroxylation is 1. The molecule has 0 fully saturated rings. The molecule has 1 atom stereocenters. The zero-order valence-corrected chi connectivity index (χ0v) is 23.0. The van der Waals surface area contributed by atoms with Crippen LogP contribution in [0.3, 0.4) is 0 Å². The van der Waals surface area contributed by atoms with Crippen molar-refractivity contribution in [3.63, 3.8) is 0 Å². The Balaban J connectivity index is 1.85. The van der Waals surface area contributed by atoms with Gasteiger partial charge in [0.25, 0.3) is 0 Å². The summed E-state index contributed by atoms with van der Waals surface area (Å²) in [5, 5.41) is 3.79. The molecule has 0 radical (unpaired) electrons. The topological polar surface area (TPSA) is 49.4 Å². The van der Waals surface area contributed by atoms with Gasteiger partial charge in [0.05, 0.1) is 0 Å². The van der Waals surface area contributed by atoms with Crippen molar-refractivity contribution in [2.24, 2.45) is 0 Å². The molecule has 4 nitrogen and oxygen atoms in total. The van der Waals surface area contributed by atoms with Crippen molar-refractivity contribution in [3.8, 4) is 0 Å². The van der Waals surface area contributed by atoms with E-state index in [0.29, 0.717) is 30.2 Å². The molecule has 36 heavy (non-hydrogen) atoms. The van der Waals surface area contributed by atoms with Gasteiger partial charge < -0.3 is 10.2 Å². The summed E-state index contributed by atoms with van der Waals surface area (Å²) in [5.41, 5.74) is 2.77. The SMILES string of the molecule is Cc1ccc(CN(C(=O)CCSc2ccc(Cl)cc2)[C@H](Cc2ccccc2)C(=O)NC(C)(C)C)cc1. The van der Waals surface area contributed by atoms with E-state index in [1.165, 1.54) is 0 Å². The van der Waals surface area contributed by atoms with Gasteiger partial charge >= 0.3 is 0 Å². The summed E-state index contributed by atoms with van der Waals surface area (Å²) in [6.07, 6.45) is 0.776. The summed E-state index contributed by atoms with van der Waals surface area (Å²) in [4.78, 5) is 30.0. The maximum atomic E-state index is 13.7. The Labute approximate surface area is 224 Å². The van der Waals surface area contributed by atoms with Gasteiger partial charge in [-0.3, -0.25) is 9.59 Å². The molecule has 0 aromatic heterocycles. The lowest BCUT2D eigenvalue weighted by Gasteiger charge is -2.34. The van der Waals surface area contributed by atoms with Crippen LogP contribution in [0.25, 0.3) is 0 Å². The molecular weight excluding hydrogens is 488 g/mol. The van der Waals surface area contributed by atoms with Gasteiger partial charge in [-0.15, -0.1) is 11.8 Å². The van der Waals surface area contributed by atoms with E-state index in [1.807, 2.05) is 107 Å². The smallest absolute Gasteiger partial charge is 0.243 e. The molecule has 0 saturated carbocycles. The number of nitrogens with one attached hydrogen (secondary N) is 1. The van der Waals surface area contributed by atoms with Gasteiger partial charge in [0.2, 0.25) is 11.8 Å². The number of carbonyl (C=O) groups is 2. The molecule has 2 amide bonds. The zero-order valence-electron chi connectivity index (χ0n) is 21.5. The van der Waals surface area contributed by atoms with Crippen molar-refractivity contribution >= 4 is 35.2 Å². The molecule has 3 aromatic carbocycles. The van der Waals surface area contributed by atoms with E-state index >= 15 is 0 Å². The number of carbonyl (C=O) groups excluding carboxylic acids is 2. The molecule has 0 aliphatic carbocycles. The quantitative estimate of drug-likeness (QED) is 0.302. The van der Waals surface area contributed by atoms with E-state index in [2.05, 4.69) is 5.32 Å². The number of hydrogen-bond acceptors (Lipinski definition) is 3. The lowest BCUT2D eigenvalue weighted by atomic mass is 10.0. The van der Waals surface area contributed by atoms with Crippen LogP contribution in [0.2, 0.25) is 5.02 Å². The molecule has 0 unspecified atom stereocenters. The van der Waals surface area contributed by atoms with Crippen molar-refractivity contribution in [1.29, 1.82) is 0 Å². The summed E-state index contributed by atoms with van der Waals surface area (Å²) in [6.45, 7) is 8.29. The molecule has 0 aliphatic rings. The van der Waals surface area contributed by atoms with Crippen LogP contribution in [0, 0.1) is 6.92 Å². The van der Waals surface area contributed by atoms with Crippen molar-refractivity contribution in [1.82, 2.24) is 10.2 Å². The molecule has 0 heterocycles. The minimum Gasteiger partial charge on any atom is -0.350 e. The molecule has 6 heteroatoms. The highest BCUT2D eigenvalue weighted by Crippen LogP contribution is 2.23. The maximum absolute atomic E-state index is 13.7. The standard InChI is InChI=1S/C30H35ClN2O2S/c1-22-10-12-24(13-11-22)21-33(28(34)18-19-36-26-16-14-25(31)15-17-26)27(29(35)32-30(2,3)4)20-23-8-6-5-7-9-23/h5-17,27H,18-21H2,1-4H3,(H,32,35)/t27-/m1/s1. The van der Waals surface area contributed by atoms with Gasteiger partial charge in [0, 0.05) is 40.6 Å². The summed E-state index contributed by atoms with van der Waals surface area (Å²) in [6, 6.07) is 25.0. The van der Waals surface area contributed by atoms with E-state index in [1.54, 1.807) is 16.7 Å². The molecular formula is C30H35ClN2O2S. The number of thioether (sulfide) groups is 1. The Morgan fingerprint density at radius 3 is 2.17 bits per heavy atom. The highest BCUT2D eigenvalue weighted by atomic mass is 35.5. The first-order valence-corrected chi connectivity index (χ1v) is 13.6. The second-order valence-electron chi connectivity index (χ2n) is 10.0. The monoisotopic (exact) mass is 522 g/mol. The van der Waals surface area contributed by atoms with Crippen molar-refractivity contribution < 1.29 is 9.59 Å². The molecule has 0 bridgehead atoms. The van der Waals surface area contributed by atoms with Crippen LogP contribution in [-0.4, -0.2) is 34.0 Å². The third-order valence-corrected chi connectivity index (χ3v) is 6.91. The fraction of sp³-hybridized carbons (Fsp3) is 0.333. The predicted molar refractivity (Wildman–Crippen MR) is 150 cm³/mol. The first-order valence-electron chi connectivity index (χ1n) is 12.2. The van der Waals surface area contributed by atoms with Crippen molar-refractivity contribution in [3.05, 3.63) is 101 Å². The molecule has 190 valence electrons. The van der Waals surface area contributed by atoms with Crippen LogP contribution in [0.1, 0.15) is 43.9 Å². The van der Waals surface area contributed by atoms with Crippen LogP contribution in [-0.2, 0) is 22.6 Å². The van der Waals surface area contributed by atoms with Crippen LogP contribution in [0.4, 0.5) is 0 Å². The van der Waals surface area contributed by atoms with Crippen molar-refractivity contribution in [2.75, 3.05) is 5.75 Å². The average Bonchev–Trinajstić information content (AvgIpc) is 2.83. The first kappa shape index (κ1) is 27.8. The summed E-state index contributed by atoms with van der Waals surface area (Å²) < 4.78 is 0. The third-order valence-electron chi connectivity index (χ3n) is 5.64. The fourth-order valence-corrected chi connectivity index (χ4v) is 4.79.